The first-order chi connectivity index (χ1) is 16.5. The van der Waals surface area contributed by atoms with Crippen molar-refractivity contribution in [3.8, 4) is 5.75 Å². The van der Waals surface area contributed by atoms with E-state index < -0.39 is 11.7 Å². The Hall–Kier alpha value is -3.13. The van der Waals surface area contributed by atoms with Crippen molar-refractivity contribution >= 4 is 40.0 Å². The number of carbonyl (C=O) groups is 2. The third kappa shape index (κ3) is 6.72. The molecule has 0 aliphatic carbocycles. The first-order valence-corrected chi connectivity index (χ1v) is 12.1. The molecule has 35 heavy (non-hydrogen) atoms. The van der Waals surface area contributed by atoms with Crippen molar-refractivity contribution in [2.24, 2.45) is 0 Å². The molecule has 1 aromatic carbocycles. The zero-order valence-corrected chi connectivity index (χ0v) is 21.0. The molecule has 3 rings (SSSR count). The van der Waals surface area contributed by atoms with Crippen molar-refractivity contribution in [2.75, 3.05) is 25.2 Å². The Kier molecular flexibility index (Phi) is 8.38. The van der Waals surface area contributed by atoms with Gasteiger partial charge in [-0.2, -0.15) is 13.2 Å². The predicted octanol–water partition coefficient (Wildman–Crippen LogP) is 4.09. The zero-order valence-electron chi connectivity index (χ0n) is 19.3. The van der Waals surface area contributed by atoms with Gasteiger partial charge >= 0.3 is 6.18 Å². The molecule has 3 aromatic rings. The van der Waals surface area contributed by atoms with Crippen LogP contribution < -0.4 is 10.1 Å². The van der Waals surface area contributed by atoms with Gasteiger partial charge in [-0.3, -0.25) is 9.59 Å². The number of benzene rings is 1. The average molecular weight is 529 g/mol. The number of carbonyl (C=O) groups excluding carboxylic acids is 2. The molecule has 0 aliphatic rings. The van der Waals surface area contributed by atoms with Crippen LogP contribution in [0.4, 0.5) is 18.3 Å². The minimum absolute atomic E-state index is 0.0161. The lowest BCUT2D eigenvalue weighted by molar-refractivity contribution is -0.137. The predicted molar refractivity (Wildman–Crippen MR) is 126 cm³/mol. The normalized spacial score (nSPS) is 11.4. The summed E-state index contributed by atoms with van der Waals surface area (Å²) in [5.41, 5.74) is -0.268. The third-order valence-electron chi connectivity index (χ3n) is 4.61. The lowest BCUT2D eigenvalue weighted by atomic mass is 10.2. The molecule has 0 radical (unpaired) electrons. The molecule has 2 aromatic heterocycles. The van der Waals surface area contributed by atoms with Gasteiger partial charge in [0.2, 0.25) is 5.91 Å². The smallest absolute Gasteiger partial charge is 0.416 e. The lowest BCUT2D eigenvalue weighted by Crippen LogP contribution is -2.21. The van der Waals surface area contributed by atoms with Crippen molar-refractivity contribution in [3.05, 3.63) is 46.2 Å². The van der Waals surface area contributed by atoms with Gasteiger partial charge in [-0.25, -0.2) is 4.98 Å². The number of ether oxygens (including phenoxy) is 1. The van der Waals surface area contributed by atoms with E-state index in [0.29, 0.717) is 33.2 Å². The van der Waals surface area contributed by atoms with Crippen LogP contribution in [0, 0.1) is 6.92 Å². The minimum atomic E-state index is -4.46. The van der Waals surface area contributed by atoms with Crippen LogP contribution in [-0.4, -0.2) is 56.3 Å². The van der Waals surface area contributed by atoms with Crippen LogP contribution in [0.1, 0.15) is 33.7 Å². The number of thiazole rings is 1. The van der Waals surface area contributed by atoms with Crippen LogP contribution in [0.2, 0.25) is 0 Å². The lowest BCUT2D eigenvalue weighted by Gasteiger charge is -2.11. The van der Waals surface area contributed by atoms with E-state index in [2.05, 4.69) is 20.5 Å². The maximum atomic E-state index is 12.9. The van der Waals surface area contributed by atoms with Gasteiger partial charge < -0.3 is 19.5 Å². The number of aryl methyl sites for hydroxylation is 1. The number of nitrogens with zero attached hydrogens (tertiary/aromatic N) is 5. The van der Waals surface area contributed by atoms with E-state index in [1.165, 1.54) is 17.0 Å². The Morgan fingerprint density at radius 2 is 2.00 bits per heavy atom. The highest BCUT2D eigenvalue weighted by atomic mass is 32.2. The van der Waals surface area contributed by atoms with Gasteiger partial charge in [-0.15, -0.1) is 10.2 Å². The Balaban J connectivity index is 1.59. The van der Waals surface area contributed by atoms with Crippen LogP contribution >= 0.6 is 23.1 Å². The number of rotatable bonds is 9. The molecular formula is C21H23F3N6O3S2. The van der Waals surface area contributed by atoms with E-state index in [1.54, 1.807) is 25.6 Å². The Morgan fingerprint density at radius 1 is 1.26 bits per heavy atom. The van der Waals surface area contributed by atoms with Crippen LogP contribution in [-0.2, 0) is 24.1 Å². The van der Waals surface area contributed by atoms with Gasteiger partial charge in [0.1, 0.15) is 17.2 Å². The van der Waals surface area contributed by atoms with E-state index in [-0.39, 0.29) is 29.9 Å². The number of anilines is 1. The van der Waals surface area contributed by atoms with E-state index >= 15 is 0 Å². The molecule has 0 bridgehead atoms. The molecule has 0 atom stereocenters. The summed E-state index contributed by atoms with van der Waals surface area (Å²) in [6.07, 6.45) is -4.46. The molecule has 0 unspecified atom stereocenters. The SMILES string of the molecule is CCn1c(COc2cccc(C(F)(F)F)c2)nnc1SCC(=O)Nc1nc(C)c(C(=O)N(C)C)s1. The molecule has 0 saturated carbocycles. The molecule has 0 saturated heterocycles. The van der Waals surface area contributed by atoms with Crippen molar-refractivity contribution < 1.29 is 27.5 Å². The number of amides is 2. The van der Waals surface area contributed by atoms with Gasteiger partial charge in [0.25, 0.3) is 5.91 Å². The van der Waals surface area contributed by atoms with Gasteiger partial charge in [0.15, 0.2) is 16.1 Å². The first-order valence-electron chi connectivity index (χ1n) is 10.3. The summed E-state index contributed by atoms with van der Waals surface area (Å²) in [5.74, 6) is -0.0340. The van der Waals surface area contributed by atoms with Gasteiger partial charge in [0, 0.05) is 20.6 Å². The fourth-order valence-corrected chi connectivity index (χ4v) is 4.72. The highest BCUT2D eigenvalue weighted by Crippen LogP contribution is 2.31. The van der Waals surface area contributed by atoms with Crippen molar-refractivity contribution in [1.82, 2.24) is 24.6 Å². The van der Waals surface area contributed by atoms with Crippen molar-refractivity contribution in [3.63, 3.8) is 0 Å². The summed E-state index contributed by atoms with van der Waals surface area (Å²) in [6, 6.07) is 4.59. The second-order valence-electron chi connectivity index (χ2n) is 7.43. The highest BCUT2D eigenvalue weighted by Gasteiger charge is 2.30. The van der Waals surface area contributed by atoms with Crippen LogP contribution in [0.15, 0.2) is 29.4 Å². The maximum absolute atomic E-state index is 12.9. The fraction of sp³-hybridized carbons (Fsp3) is 0.381. The monoisotopic (exact) mass is 528 g/mol. The number of alkyl halides is 3. The van der Waals surface area contributed by atoms with Crippen LogP contribution in [0.25, 0.3) is 0 Å². The van der Waals surface area contributed by atoms with E-state index in [4.69, 9.17) is 4.74 Å². The van der Waals surface area contributed by atoms with Crippen molar-refractivity contribution in [2.45, 2.75) is 38.3 Å². The largest absolute Gasteiger partial charge is 0.486 e. The quantitative estimate of drug-likeness (QED) is 0.418. The molecule has 2 heterocycles. The van der Waals surface area contributed by atoms with Crippen LogP contribution in [0.3, 0.4) is 0 Å². The standard InChI is InChI=1S/C21H23F3N6O3S2/c1-5-30-15(10-33-14-8-6-7-13(9-14)21(22,23)24)27-28-20(30)34-11-16(31)26-19-25-12(2)17(35-19)18(32)29(3)4/h6-9H,5,10-11H2,1-4H3,(H,25,26,31). The first kappa shape index (κ1) is 26.5. The Morgan fingerprint density at radius 3 is 2.66 bits per heavy atom. The summed E-state index contributed by atoms with van der Waals surface area (Å²) in [4.78, 5) is 30.7. The number of thioether (sulfide) groups is 1. The minimum Gasteiger partial charge on any atom is -0.486 e. The van der Waals surface area contributed by atoms with E-state index in [0.717, 1.165) is 35.2 Å². The van der Waals surface area contributed by atoms with Crippen LogP contribution in [0.5, 0.6) is 5.75 Å². The molecule has 188 valence electrons. The number of hydrogen-bond donors (Lipinski definition) is 1. The average Bonchev–Trinajstić information content (AvgIpc) is 3.37. The molecule has 1 N–H and O–H groups in total. The molecule has 14 heteroatoms. The van der Waals surface area contributed by atoms with Gasteiger partial charge in [0.05, 0.1) is 17.0 Å². The maximum Gasteiger partial charge on any atom is 0.416 e. The Bertz CT molecular complexity index is 1210. The summed E-state index contributed by atoms with van der Waals surface area (Å²) >= 11 is 2.25. The molecule has 0 aliphatic heterocycles. The molecular weight excluding hydrogens is 505 g/mol. The fourth-order valence-electron chi connectivity index (χ4n) is 2.90. The van der Waals surface area contributed by atoms with Gasteiger partial charge in [-0.1, -0.05) is 29.2 Å². The number of hydrogen-bond acceptors (Lipinski definition) is 8. The molecule has 0 spiro atoms. The van der Waals surface area contributed by atoms with Crippen molar-refractivity contribution in [1.29, 1.82) is 0 Å². The molecule has 0 fully saturated rings. The summed E-state index contributed by atoms with van der Waals surface area (Å²) < 4.78 is 45.9. The number of halogens is 3. The highest BCUT2D eigenvalue weighted by molar-refractivity contribution is 7.99. The van der Waals surface area contributed by atoms with E-state index in [1.807, 2.05) is 6.92 Å². The molecule has 9 nitrogen and oxygen atoms in total. The zero-order chi connectivity index (χ0) is 25.8. The second-order valence-corrected chi connectivity index (χ2v) is 9.37. The topological polar surface area (TPSA) is 102 Å². The number of nitrogens with one attached hydrogen (secondary N) is 1. The third-order valence-corrected chi connectivity index (χ3v) is 6.64. The summed E-state index contributed by atoms with van der Waals surface area (Å²) in [5, 5.41) is 11.6. The number of aromatic nitrogens is 4. The van der Waals surface area contributed by atoms with Gasteiger partial charge in [-0.05, 0) is 32.0 Å². The molecule has 2 amide bonds. The van der Waals surface area contributed by atoms with E-state index in [9.17, 15) is 22.8 Å². The Labute approximate surface area is 207 Å². The summed E-state index contributed by atoms with van der Waals surface area (Å²) in [6.45, 7) is 3.93. The second kappa shape index (κ2) is 11.1. The summed E-state index contributed by atoms with van der Waals surface area (Å²) in [7, 11) is 3.28.